The van der Waals surface area contributed by atoms with Gasteiger partial charge in [0.1, 0.15) is 5.41 Å². The van der Waals surface area contributed by atoms with Crippen LogP contribution >= 0.6 is 0 Å². The van der Waals surface area contributed by atoms with Gasteiger partial charge in [-0.3, -0.25) is 4.79 Å². The maximum absolute atomic E-state index is 12.7. The lowest BCUT2D eigenvalue weighted by Crippen LogP contribution is -2.53. The van der Waals surface area contributed by atoms with E-state index >= 15 is 0 Å². The van der Waals surface area contributed by atoms with Crippen molar-refractivity contribution in [3.05, 3.63) is 0 Å². The van der Waals surface area contributed by atoms with E-state index in [2.05, 4.69) is 26.8 Å². The van der Waals surface area contributed by atoms with Gasteiger partial charge in [0.05, 0.1) is 12.7 Å². The normalized spacial score (nSPS) is 25.8. The molecule has 1 saturated carbocycles. The van der Waals surface area contributed by atoms with E-state index in [0.29, 0.717) is 31.9 Å². The summed E-state index contributed by atoms with van der Waals surface area (Å²) in [5.74, 6) is 0.494. The molecule has 0 atom stereocenters. The van der Waals surface area contributed by atoms with Gasteiger partial charge in [0, 0.05) is 19.7 Å². The molecule has 0 aromatic rings. The molecule has 0 heterocycles. The molecule has 1 rings (SSSR count). The minimum absolute atomic E-state index is 0.0128. The van der Waals surface area contributed by atoms with Gasteiger partial charge in [-0.1, -0.05) is 20.8 Å². The van der Waals surface area contributed by atoms with Crippen molar-refractivity contribution < 1.29 is 9.53 Å². The lowest BCUT2D eigenvalue weighted by atomic mass is 9.62. The topological polar surface area (TPSA) is 53.3 Å². The Kier molecular flexibility index (Phi) is 5.81. The first-order chi connectivity index (χ1) is 9.04. The van der Waals surface area contributed by atoms with Crippen molar-refractivity contribution >= 4 is 5.91 Å². The van der Waals surface area contributed by atoms with E-state index in [-0.39, 0.29) is 11.9 Å². The van der Waals surface area contributed by atoms with E-state index in [9.17, 15) is 10.1 Å². The lowest BCUT2D eigenvalue weighted by molar-refractivity contribution is -0.148. The van der Waals surface area contributed by atoms with Gasteiger partial charge in [0.25, 0.3) is 0 Å². The summed E-state index contributed by atoms with van der Waals surface area (Å²) in [6, 6.07) is 2.48. The van der Waals surface area contributed by atoms with Crippen LogP contribution in [0.25, 0.3) is 0 Å². The molecule has 0 saturated heterocycles. The van der Waals surface area contributed by atoms with Crippen molar-refractivity contribution in [1.82, 2.24) is 4.90 Å². The van der Waals surface area contributed by atoms with Crippen LogP contribution in [0.15, 0.2) is 0 Å². The molecule has 1 aliphatic rings. The Morgan fingerprint density at radius 1 is 1.47 bits per heavy atom. The number of amides is 1. The first-order valence-corrected chi connectivity index (χ1v) is 7.25. The quantitative estimate of drug-likeness (QED) is 0.711. The van der Waals surface area contributed by atoms with Crippen LogP contribution in [-0.2, 0) is 9.53 Å². The molecular formula is C15H26N2O2. The number of hydrogen-bond donors (Lipinski definition) is 0. The molecule has 1 aliphatic carbocycles. The SMILES string of the molecule is CCC(CC)N(CCOC)C(=O)C1(C#N)CC(C)C1. The number of carbonyl (C=O) groups excluding carboxylic acids is 1. The molecule has 1 amide bonds. The maximum atomic E-state index is 12.7. The molecule has 4 nitrogen and oxygen atoms in total. The molecule has 0 radical (unpaired) electrons. The Balaban J connectivity index is 2.84. The van der Waals surface area contributed by atoms with Gasteiger partial charge in [-0.25, -0.2) is 0 Å². The van der Waals surface area contributed by atoms with Crippen molar-refractivity contribution in [3.63, 3.8) is 0 Å². The molecule has 0 bridgehead atoms. The fourth-order valence-electron chi connectivity index (χ4n) is 3.09. The summed E-state index contributed by atoms with van der Waals surface area (Å²) >= 11 is 0. The predicted octanol–water partition coefficient (Wildman–Crippen LogP) is 2.59. The molecule has 0 aromatic carbocycles. The van der Waals surface area contributed by atoms with Crippen LogP contribution in [0.5, 0.6) is 0 Å². The van der Waals surface area contributed by atoms with Crippen molar-refractivity contribution in [1.29, 1.82) is 5.26 Å². The predicted molar refractivity (Wildman–Crippen MR) is 74.4 cm³/mol. The molecule has 0 N–H and O–H groups in total. The highest BCUT2D eigenvalue weighted by Crippen LogP contribution is 2.46. The van der Waals surface area contributed by atoms with E-state index in [1.807, 2.05) is 4.90 Å². The van der Waals surface area contributed by atoms with Gasteiger partial charge in [-0.05, 0) is 31.6 Å². The first-order valence-electron chi connectivity index (χ1n) is 7.25. The van der Waals surface area contributed by atoms with E-state index in [4.69, 9.17) is 4.74 Å². The van der Waals surface area contributed by atoms with Crippen molar-refractivity contribution in [2.24, 2.45) is 11.3 Å². The van der Waals surface area contributed by atoms with Crippen LogP contribution in [0.4, 0.5) is 0 Å². The lowest BCUT2D eigenvalue weighted by Gasteiger charge is -2.44. The summed E-state index contributed by atoms with van der Waals surface area (Å²) < 4.78 is 5.10. The van der Waals surface area contributed by atoms with E-state index in [0.717, 1.165) is 12.8 Å². The smallest absolute Gasteiger partial charge is 0.243 e. The monoisotopic (exact) mass is 266 g/mol. The second-order valence-corrected chi connectivity index (χ2v) is 5.67. The zero-order valence-electron chi connectivity index (χ0n) is 12.6. The van der Waals surface area contributed by atoms with Gasteiger partial charge in [0.15, 0.2) is 0 Å². The van der Waals surface area contributed by atoms with Crippen LogP contribution in [0.3, 0.4) is 0 Å². The summed E-state index contributed by atoms with van der Waals surface area (Å²) in [5.41, 5.74) is -0.768. The summed E-state index contributed by atoms with van der Waals surface area (Å²) in [7, 11) is 1.64. The third-order valence-electron chi connectivity index (χ3n) is 4.20. The summed E-state index contributed by atoms with van der Waals surface area (Å²) in [4.78, 5) is 14.6. The number of ether oxygens (including phenoxy) is 1. The number of methoxy groups -OCH3 is 1. The zero-order chi connectivity index (χ0) is 14.5. The molecule has 4 heteroatoms. The van der Waals surface area contributed by atoms with Gasteiger partial charge in [0.2, 0.25) is 5.91 Å². The van der Waals surface area contributed by atoms with Gasteiger partial charge in [-0.2, -0.15) is 5.26 Å². The van der Waals surface area contributed by atoms with Crippen LogP contribution in [-0.4, -0.2) is 37.1 Å². The highest BCUT2D eigenvalue weighted by molar-refractivity contribution is 5.86. The van der Waals surface area contributed by atoms with Crippen LogP contribution < -0.4 is 0 Å². The number of rotatable bonds is 7. The van der Waals surface area contributed by atoms with E-state index in [1.54, 1.807) is 7.11 Å². The highest BCUT2D eigenvalue weighted by atomic mass is 16.5. The van der Waals surface area contributed by atoms with Crippen LogP contribution in [0.2, 0.25) is 0 Å². The Morgan fingerprint density at radius 2 is 2.05 bits per heavy atom. The van der Waals surface area contributed by atoms with E-state index in [1.165, 1.54) is 0 Å². The van der Waals surface area contributed by atoms with Crippen LogP contribution in [0.1, 0.15) is 46.5 Å². The molecule has 1 fully saturated rings. The Morgan fingerprint density at radius 3 is 2.42 bits per heavy atom. The van der Waals surface area contributed by atoms with Gasteiger partial charge >= 0.3 is 0 Å². The molecular weight excluding hydrogens is 240 g/mol. The zero-order valence-corrected chi connectivity index (χ0v) is 12.6. The van der Waals surface area contributed by atoms with Crippen molar-refractivity contribution in [3.8, 4) is 6.07 Å². The minimum Gasteiger partial charge on any atom is -0.383 e. The molecule has 0 aromatic heterocycles. The third kappa shape index (κ3) is 3.27. The summed E-state index contributed by atoms with van der Waals surface area (Å²) in [5, 5.41) is 9.40. The average molecular weight is 266 g/mol. The Bertz CT molecular complexity index is 339. The molecule has 0 aliphatic heterocycles. The Hall–Kier alpha value is -1.08. The molecule has 0 spiro atoms. The second kappa shape index (κ2) is 6.91. The fourth-order valence-corrected chi connectivity index (χ4v) is 3.09. The number of nitrogens with zero attached hydrogens (tertiary/aromatic N) is 2. The van der Waals surface area contributed by atoms with Crippen molar-refractivity contribution in [2.45, 2.75) is 52.5 Å². The highest BCUT2D eigenvalue weighted by Gasteiger charge is 2.51. The summed E-state index contributed by atoms with van der Waals surface area (Å²) in [6.45, 7) is 7.38. The number of hydrogen-bond acceptors (Lipinski definition) is 3. The standard InChI is InChI=1S/C15H26N2O2/c1-5-13(6-2)17(7-8-19-4)14(18)15(11-16)9-12(3)10-15/h12-13H,5-10H2,1-4H3. The van der Waals surface area contributed by atoms with Crippen molar-refractivity contribution in [2.75, 3.05) is 20.3 Å². The largest absolute Gasteiger partial charge is 0.383 e. The minimum atomic E-state index is -0.768. The average Bonchev–Trinajstić information content (AvgIpc) is 2.39. The van der Waals surface area contributed by atoms with Gasteiger partial charge < -0.3 is 9.64 Å². The van der Waals surface area contributed by atoms with Gasteiger partial charge in [-0.15, -0.1) is 0 Å². The van der Waals surface area contributed by atoms with Crippen LogP contribution in [0, 0.1) is 22.7 Å². The molecule has 0 unspecified atom stereocenters. The third-order valence-corrected chi connectivity index (χ3v) is 4.20. The Labute approximate surface area is 116 Å². The second-order valence-electron chi connectivity index (χ2n) is 5.67. The number of carbonyl (C=O) groups is 1. The summed E-state index contributed by atoms with van der Waals surface area (Å²) in [6.07, 6.45) is 3.24. The maximum Gasteiger partial charge on any atom is 0.243 e. The fraction of sp³-hybridized carbons (Fsp3) is 0.867. The van der Waals surface area contributed by atoms with E-state index < -0.39 is 5.41 Å². The number of nitriles is 1. The molecule has 19 heavy (non-hydrogen) atoms. The molecule has 108 valence electrons. The first kappa shape index (κ1) is 16.0.